The van der Waals surface area contributed by atoms with Crippen molar-refractivity contribution in [3.63, 3.8) is 0 Å². The molecule has 0 unspecified atom stereocenters. The Morgan fingerprint density at radius 1 is 1.40 bits per heavy atom. The van der Waals surface area contributed by atoms with Crippen molar-refractivity contribution in [2.24, 2.45) is 0 Å². The number of nitriles is 1. The van der Waals surface area contributed by atoms with E-state index in [0.717, 1.165) is 16.3 Å². The number of benzene rings is 1. The van der Waals surface area contributed by atoms with Crippen molar-refractivity contribution >= 4 is 11.3 Å². The Hall–Kier alpha value is -1.84. The second kappa shape index (κ2) is 7.08. The Bertz CT molecular complexity index is 607. The molecule has 1 aromatic heterocycles. The Kier molecular flexibility index (Phi) is 5.16. The molecule has 0 radical (unpaired) electrons. The number of ether oxygens (including phenoxy) is 1. The number of rotatable bonds is 6. The maximum Gasteiger partial charge on any atom is 0.261 e. The molecule has 0 saturated heterocycles. The van der Waals surface area contributed by atoms with Crippen molar-refractivity contribution in [1.82, 2.24) is 4.98 Å². The Morgan fingerprint density at radius 2 is 2.25 bits per heavy atom. The lowest BCUT2D eigenvalue weighted by molar-refractivity contribution is 0.0187. The highest BCUT2D eigenvalue weighted by Crippen LogP contribution is 2.23. The standard InChI is InChI=1S/C14H12F2N2OS/c15-13(16)8-19-5-4-14-18-12(9-20-14)11-3-1-2-10(6-11)7-17/h1-3,6,9,13H,4-5,8H2. The third-order valence-corrected chi connectivity index (χ3v) is 3.45. The second-order valence-electron chi connectivity index (χ2n) is 4.04. The smallest absolute Gasteiger partial charge is 0.261 e. The van der Waals surface area contributed by atoms with Gasteiger partial charge in [0, 0.05) is 17.4 Å². The van der Waals surface area contributed by atoms with E-state index in [2.05, 4.69) is 11.1 Å². The van der Waals surface area contributed by atoms with E-state index < -0.39 is 13.0 Å². The molecule has 6 heteroatoms. The molecule has 104 valence electrons. The summed E-state index contributed by atoms with van der Waals surface area (Å²) in [7, 11) is 0. The summed E-state index contributed by atoms with van der Waals surface area (Å²) < 4.78 is 28.6. The first-order chi connectivity index (χ1) is 9.69. The van der Waals surface area contributed by atoms with Crippen LogP contribution in [0.15, 0.2) is 29.6 Å². The van der Waals surface area contributed by atoms with Gasteiger partial charge in [0.2, 0.25) is 0 Å². The van der Waals surface area contributed by atoms with Crippen LogP contribution in [-0.2, 0) is 11.2 Å². The van der Waals surface area contributed by atoms with Gasteiger partial charge in [-0.25, -0.2) is 13.8 Å². The molecule has 0 bridgehead atoms. The van der Waals surface area contributed by atoms with Crippen molar-refractivity contribution in [3.8, 4) is 17.3 Å². The highest BCUT2D eigenvalue weighted by Gasteiger charge is 2.06. The first kappa shape index (κ1) is 14.6. The lowest BCUT2D eigenvalue weighted by Crippen LogP contribution is -2.06. The molecule has 0 fully saturated rings. The van der Waals surface area contributed by atoms with Gasteiger partial charge < -0.3 is 4.74 Å². The van der Waals surface area contributed by atoms with Crippen LogP contribution in [0.25, 0.3) is 11.3 Å². The topological polar surface area (TPSA) is 45.9 Å². The van der Waals surface area contributed by atoms with Crippen LogP contribution in [0.4, 0.5) is 8.78 Å². The summed E-state index contributed by atoms with van der Waals surface area (Å²) in [6.45, 7) is -0.308. The van der Waals surface area contributed by atoms with Gasteiger partial charge in [-0.15, -0.1) is 11.3 Å². The molecule has 3 nitrogen and oxygen atoms in total. The Balaban J connectivity index is 1.96. The summed E-state index contributed by atoms with van der Waals surface area (Å²) in [5.41, 5.74) is 2.24. The van der Waals surface area contributed by atoms with Gasteiger partial charge in [0.15, 0.2) is 0 Å². The fourth-order valence-electron chi connectivity index (χ4n) is 1.64. The molecule has 20 heavy (non-hydrogen) atoms. The van der Waals surface area contributed by atoms with Crippen molar-refractivity contribution in [2.45, 2.75) is 12.8 Å². The number of hydrogen-bond donors (Lipinski definition) is 0. The molecule has 0 aliphatic heterocycles. The fraction of sp³-hybridized carbons (Fsp3) is 0.286. The van der Waals surface area contributed by atoms with Crippen LogP contribution < -0.4 is 0 Å². The number of halogens is 2. The quantitative estimate of drug-likeness (QED) is 0.766. The monoisotopic (exact) mass is 294 g/mol. The van der Waals surface area contributed by atoms with Crippen LogP contribution in [0.2, 0.25) is 0 Å². The van der Waals surface area contributed by atoms with Crippen LogP contribution in [-0.4, -0.2) is 24.6 Å². The molecule has 0 N–H and O–H groups in total. The molecule has 1 aromatic carbocycles. The van der Waals surface area contributed by atoms with E-state index >= 15 is 0 Å². The van der Waals surface area contributed by atoms with Gasteiger partial charge in [0.25, 0.3) is 6.43 Å². The summed E-state index contributed by atoms with van der Waals surface area (Å²) in [6.07, 6.45) is -1.93. The van der Waals surface area contributed by atoms with Crippen molar-refractivity contribution in [2.75, 3.05) is 13.2 Å². The summed E-state index contributed by atoms with van der Waals surface area (Å²) >= 11 is 1.46. The summed E-state index contributed by atoms with van der Waals surface area (Å²) in [4.78, 5) is 4.41. The largest absolute Gasteiger partial charge is 0.375 e. The maximum atomic E-state index is 11.9. The average Bonchev–Trinajstić information content (AvgIpc) is 2.92. The molecule has 0 aliphatic rings. The van der Waals surface area contributed by atoms with E-state index in [-0.39, 0.29) is 6.61 Å². The van der Waals surface area contributed by atoms with Gasteiger partial charge in [-0.2, -0.15) is 5.26 Å². The zero-order chi connectivity index (χ0) is 14.4. The summed E-state index contributed by atoms with van der Waals surface area (Å²) in [6, 6.07) is 9.27. The maximum absolute atomic E-state index is 11.9. The molecular weight excluding hydrogens is 282 g/mol. The third kappa shape index (κ3) is 4.08. The molecule has 1 heterocycles. The minimum atomic E-state index is -2.43. The molecular formula is C14H12F2N2OS. The lowest BCUT2D eigenvalue weighted by Gasteiger charge is -2.01. The van der Waals surface area contributed by atoms with E-state index in [1.165, 1.54) is 11.3 Å². The molecule has 2 rings (SSSR count). The van der Waals surface area contributed by atoms with Gasteiger partial charge in [0.05, 0.1) is 28.9 Å². The Labute approximate surface area is 119 Å². The molecule has 0 amide bonds. The molecule has 0 aliphatic carbocycles. The number of nitrogens with zero attached hydrogens (tertiary/aromatic N) is 2. The van der Waals surface area contributed by atoms with Gasteiger partial charge in [0.1, 0.15) is 6.61 Å². The van der Waals surface area contributed by atoms with Crippen LogP contribution in [0.5, 0.6) is 0 Å². The number of hydrogen-bond acceptors (Lipinski definition) is 4. The van der Waals surface area contributed by atoms with E-state index in [1.807, 2.05) is 11.4 Å². The highest BCUT2D eigenvalue weighted by molar-refractivity contribution is 7.09. The van der Waals surface area contributed by atoms with E-state index in [4.69, 9.17) is 10.00 Å². The Morgan fingerprint density at radius 3 is 3.00 bits per heavy atom. The van der Waals surface area contributed by atoms with E-state index in [0.29, 0.717) is 12.0 Å². The molecule has 2 aromatic rings. The minimum absolute atomic E-state index is 0.232. The van der Waals surface area contributed by atoms with Gasteiger partial charge in [-0.05, 0) is 12.1 Å². The first-order valence-electron chi connectivity index (χ1n) is 6.00. The van der Waals surface area contributed by atoms with Gasteiger partial charge >= 0.3 is 0 Å². The average molecular weight is 294 g/mol. The van der Waals surface area contributed by atoms with Crippen LogP contribution >= 0.6 is 11.3 Å². The van der Waals surface area contributed by atoms with Crippen LogP contribution in [0.1, 0.15) is 10.6 Å². The van der Waals surface area contributed by atoms with Crippen LogP contribution in [0.3, 0.4) is 0 Å². The predicted octanol–water partition coefficient (Wildman–Crippen LogP) is 3.51. The van der Waals surface area contributed by atoms with Gasteiger partial charge in [-0.3, -0.25) is 0 Å². The minimum Gasteiger partial charge on any atom is -0.375 e. The fourth-order valence-corrected chi connectivity index (χ4v) is 2.43. The molecule has 0 spiro atoms. The van der Waals surface area contributed by atoms with Crippen molar-refractivity contribution < 1.29 is 13.5 Å². The first-order valence-corrected chi connectivity index (χ1v) is 6.88. The normalized spacial score (nSPS) is 10.7. The van der Waals surface area contributed by atoms with Crippen LogP contribution in [0, 0.1) is 11.3 Å². The zero-order valence-electron chi connectivity index (χ0n) is 10.6. The molecule has 0 saturated carbocycles. The highest BCUT2D eigenvalue weighted by atomic mass is 32.1. The summed E-state index contributed by atoms with van der Waals surface area (Å²) in [5.74, 6) is 0. The predicted molar refractivity (Wildman–Crippen MR) is 72.8 cm³/mol. The molecule has 0 atom stereocenters. The number of alkyl halides is 2. The summed E-state index contributed by atoms with van der Waals surface area (Å²) in [5, 5.41) is 11.6. The second-order valence-corrected chi connectivity index (χ2v) is 4.98. The lowest BCUT2D eigenvalue weighted by atomic mass is 10.1. The number of aromatic nitrogens is 1. The van der Waals surface area contributed by atoms with Crippen molar-refractivity contribution in [1.29, 1.82) is 5.26 Å². The zero-order valence-corrected chi connectivity index (χ0v) is 11.4. The van der Waals surface area contributed by atoms with E-state index in [1.54, 1.807) is 18.2 Å². The van der Waals surface area contributed by atoms with E-state index in [9.17, 15) is 8.78 Å². The van der Waals surface area contributed by atoms with Crippen molar-refractivity contribution in [3.05, 3.63) is 40.2 Å². The van der Waals surface area contributed by atoms with Gasteiger partial charge in [-0.1, -0.05) is 12.1 Å². The number of thiazole rings is 1. The SMILES string of the molecule is N#Cc1cccc(-c2csc(CCOCC(F)F)n2)c1. The third-order valence-electron chi connectivity index (χ3n) is 2.54.